The van der Waals surface area contributed by atoms with E-state index < -0.39 is 5.97 Å². The van der Waals surface area contributed by atoms with Gasteiger partial charge in [-0.2, -0.15) is 0 Å². The number of benzene rings is 1. The Morgan fingerprint density at radius 1 is 1.21 bits per heavy atom. The molecule has 1 aliphatic rings. The quantitative estimate of drug-likeness (QED) is 0.510. The van der Waals surface area contributed by atoms with Crippen LogP contribution in [0.4, 0.5) is 0 Å². The summed E-state index contributed by atoms with van der Waals surface area (Å²) in [7, 11) is 1.31. The zero-order valence-corrected chi connectivity index (χ0v) is 11.3. The molecule has 0 radical (unpaired) electrons. The largest absolute Gasteiger partial charge is 0.515 e. The first-order valence-corrected chi connectivity index (χ1v) is 6.79. The van der Waals surface area contributed by atoms with Crippen LogP contribution in [0.15, 0.2) is 30.5 Å². The van der Waals surface area contributed by atoms with Crippen molar-refractivity contribution in [3.8, 4) is 0 Å². The lowest BCUT2D eigenvalue weighted by Crippen LogP contribution is -2.06. The van der Waals surface area contributed by atoms with E-state index in [0.29, 0.717) is 11.5 Å². The van der Waals surface area contributed by atoms with Gasteiger partial charge in [0.25, 0.3) is 0 Å². The molecule has 3 heteroatoms. The Balaban J connectivity index is 2.15. The molecular formula is C16H20O3. The van der Waals surface area contributed by atoms with Gasteiger partial charge in [-0.25, -0.2) is 4.79 Å². The third-order valence-corrected chi connectivity index (χ3v) is 3.83. The molecule has 1 N–H and O–H groups in total. The molecule has 0 unspecified atom stereocenters. The Labute approximate surface area is 113 Å². The minimum Gasteiger partial charge on any atom is -0.515 e. The van der Waals surface area contributed by atoms with E-state index in [2.05, 4.69) is 16.9 Å². The highest BCUT2D eigenvalue weighted by molar-refractivity contribution is 6.16. The number of ether oxygens (including phenoxy) is 1. The van der Waals surface area contributed by atoms with Crippen molar-refractivity contribution in [2.45, 2.75) is 38.0 Å². The van der Waals surface area contributed by atoms with Crippen LogP contribution < -0.4 is 0 Å². The standard InChI is InChI=1S/C16H20O3/c1-19-16(18)15(11-17)14-9-7-13(8-10-14)12-5-3-2-4-6-12/h7-12,17H,2-6H2,1H3/b15-11-. The lowest BCUT2D eigenvalue weighted by molar-refractivity contribution is -0.133. The summed E-state index contributed by atoms with van der Waals surface area (Å²) >= 11 is 0. The first kappa shape index (κ1) is 13.7. The summed E-state index contributed by atoms with van der Waals surface area (Å²) in [5.74, 6) is 0.121. The molecule has 1 aliphatic carbocycles. The van der Waals surface area contributed by atoms with Gasteiger partial charge in [-0.05, 0) is 29.9 Å². The van der Waals surface area contributed by atoms with E-state index in [9.17, 15) is 4.79 Å². The lowest BCUT2D eigenvalue weighted by atomic mass is 9.84. The Bertz CT molecular complexity index is 453. The number of carbonyl (C=O) groups is 1. The maximum absolute atomic E-state index is 11.5. The van der Waals surface area contributed by atoms with Crippen molar-refractivity contribution in [2.75, 3.05) is 7.11 Å². The molecule has 0 spiro atoms. The Hall–Kier alpha value is -1.77. The third kappa shape index (κ3) is 3.16. The molecule has 1 fully saturated rings. The summed E-state index contributed by atoms with van der Waals surface area (Å²) in [6.45, 7) is 0. The van der Waals surface area contributed by atoms with Crippen molar-refractivity contribution in [1.29, 1.82) is 0 Å². The lowest BCUT2D eigenvalue weighted by Gasteiger charge is -2.22. The molecule has 0 atom stereocenters. The van der Waals surface area contributed by atoms with E-state index >= 15 is 0 Å². The van der Waals surface area contributed by atoms with E-state index in [1.807, 2.05) is 12.1 Å². The van der Waals surface area contributed by atoms with E-state index in [4.69, 9.17) is 5.11 Å². The van der Waals surface area contributed by atoms with Crippen LogP contribution in [-0.2, 0) is 9.53 Å². The van der Waals surface area contributed by atoms with Gasteiger partial charge in [0, 0.05) is 0 Å². The molecule has 19 heavy (non-hydrogen) atoms. The predicted molar refractivity (Wildman–Crippen MR) is 74.9 cm³/mol. The molecule has 0 aromatic heterocycles. The molecule has 1 aromatic rings. The molecule has 102 valence electrons. The normalized spacial score (nSPS) is 17.2. The number of rotatable bonds is 3. The number of aliphatic hydroxyl groups is 1. The molecule has 0 saturated heterocycles. The highest BCUT2D eigenvalue weighted by Crippen LogP contribution is 2.33. The summed E-state index contributed by atoms with van der Waals surface area (Å²) in [6.07, 6.45) is 7.25. The molecular weight excluding hydrogens is 240 g/mol. The van der Waals surface area contributed by atoms with Crippen LogP contribution in [0.2, 0.25) is 0 Å². The van der Waals surface area contributed by atoms with Gasteiger partial charge in [-0.3, -0.25) is 0 Å². The van der Waals surface area contributed by atoms with Crippen LogP contribution in [-0.4, -0.2) is 18.2 Å². The van der Waals surface area contributed by atoms with E-state index in [0.717, 1.165) is 6.26 Å². The van der Waals surface area contributed by atoms with Gasteiger partial charge in [0.1, 0.15) is 5.57 Å². The molecule has 3 nitrogen and oxygen atoms in total. The van der Waals surface area contributed by atoms with Crippen LogP contribution in [0.3, 0.4) is 0 Å². The molecule has 0 heterocycles. The summed E-state index contributed by atoms with van der Waals surface area (Å²) in [5, 5.41) is 9.14. The number of aliphatic hydroxyl groups excluding tert-OH is 1. The maximum Gasteiger partial charge on any atom is 0.341 e. The fraction of sp³-hybridized carbons (Fsp3) is 0.438. The first-order chi connectivity index (χ1) is 9.26. The maximum atomic E-state index is 11.5. The van der Waals surface area contributed by atoms with Crippen LogP contribution >= 0.6 is 0 Å². The molecule has 0 amide bonds. The van der Waals surface area contributed by atoms with Crippen molar-refractivity contribution in [3.05, 3.63) is 41.7 Å². The van der Waals surface area contributed by atoms with Crippen LogP contribution in [0.25, 0.3) is 5.57 Å². The average Bonchev–Trinajstić information content (AvgIpc) is 2.49. The van der Waals surface area contributed by atoms with Gasteiger partial charge >= 0.3 is 5.97 Å². The van der Waals surface area contributed by atoms with Gasteiger partial charge in [0.2, 0.25) is 0 Å². The van der Waals surface area contributed by atoms with Gasteiger partial charge in [-0.15, -0.1) is 0 Å². The van der Waals surface area contributed by atoms with E-state index in [1.165, 1.54) is 44.8 Å². The highest BCUT2D eigenvalue weighted by Gasteiger charge is 2.17. The average molecular weight is 260 g/mol. The smallest absolute Gasteiger partial charge is 0.341 e. The number of hydrogen-bond donors (Lipinski definition) is 1. The van der Waals surface area contributed by atoms with Gasteiger partial charge in [-0.1, -0.05) is 43.5 Å². The van der Waals surface area contributed by atoms with Crippen molar-refractivity contribution >= 4 is 11.5 Å². The summed E-state index contributed by atoms with van der Waals surface area (Å²) in [4.78, 5) is 11.5. The van der Waals surface area contributed by atoms with Crippen molar-refractivity contribution in [3.63, 3.8) is 0 Å². The van der Waals surface area contributed by atoms with Crippen LogP contribution in [0, 0.1) is 0 Å². The minimum atomic E-state index is -0.520. The highest BCUT2D eigenvalue weighted by atomic mass is 16.5. The summed E-state index contributed by atoms with van der Waals surface area (Å²) in [5.41, 5.74) is 2.21. The number of esters is 1. The van der Waals surface area contributed by atoms with Gasteiger partial charge < -0.3 is 9.84 Å². The Morgan fingerprint density at radius 3 is 2.37 bits per heavy atom. The van der Waals surface area contributed by atoms with Crippen molar-refractivity contribution in [1.82, 2.24) is 0 Å². The fourth-order valence-electron chi connectivity index (χ4n) is 2.73. The molecule has 2 rings (SSSR count). The third-order valence-electron chi connectivity index (χ3n) is 3.83. The number of carbonyl (C=O) groups excluding carboxylic acids is 1. The van der Waals surface area contributed by atoms with E-state index in [-0.39, 0.29) is 5.57 Å². The van der Waals surface area contributed by atoms with E-state index in [1.54, 1.807) is 0 Å². The number of methoxy groups -OCH3 is 1. The summed E-state index contributed by atoms with van der Waals surface area (Å²) < 4.78 is 4.64. The van der Waals surface area contributed by atoms with Crippen LogP contribution in [0.5, 0.6) is 0 Å². The molecule has 1 saturated carbocycles. The fourth-order valence-corrected chi connectivity index (χ4v) is 2.73. The zero-order valence-electron chi connectivity index (χ0n) is 11.3. The second-order valence-electron chi connectivity index (χ2n) is 4.99. The topological polar surface area (TPSA) is 46.5 Å². The van der Waals surface area contributed by atoms with Crippen LogP contribution in [0.1, 0.15) is 49.1 Å². The van der Waals surface area contributed by atoms with Crippen molar-refractivity contribution < 1.29 is 14.6 Å². The summed E-state index contributed by atoms with van der Waals surface area (Å²) in [6, 6.07) is 7.86. The van der Waals surface area contributed by atoms with Gasteiger partial charge in [0.05, 0.1) is 13.4 Å². The molecule has 1 aromatic carbocycles. The van der Waals surface area contributed by atoms with Gasteiger partial charge in [0.15, 0.2) is 0 Å². The Kier molecular flexibility index (Phi) is 4.61. The second-order valence-corrected chi connectivity index (χ2v) is 4.99. The SMILES string of the molecule is COC(=O)/C(=C\O)c1ccc(C2CCCCC2)cc1. The second kappa shape index (κ2) is 6.41. The molecule has 0 bridgehead atoms. The minimum absolute atomic E-state index is 0.192. The Morgan fingerprint density at radius 2 is 1.84 bits per heavy atom. The number of hydrogen-bond acceptors (Lipinski definition) is 3. The van der Waals surface area contributed by atoms with Crippen molar-refractivity contribution in [2.24, 2.45) is 0 Å². The molecule has 0 aliphatic heterocycles. The monoisotopic (exact) mass is 260 g/mol. The zero-order chi connectivity index (χ0) is 13.7. The predicted octanol–water partition coefficient (Wildman–Crippen LogP) is 3.81. The first-order valence-electron chi connectivity index (χ1n) is 6.79.